The summed E-state index contributed by atoms with van der Waals surface area (Å²) in [5.41, 5.74) is 1.02. The van der Waals surface area contributed by atoms with Gasteiger partial charge in [0.1, 0.15) is 5.75 Å². The molecule has 0 unspecified atom stereocenters. The van der Waals surface area contributed by atoms with Gasteiger partial charge in [-0.25, -0.2) is 0 Å². The van der Waals surface area contributed by atoms with E-state index in [0.717, 1.165) is 23.1 Å². The van der Waals surface area contributed by atoms with Crippen molar-refractivity contribution in [3.8, 4) is 5.75 Å². The lowest BCUT2D eigenvalue weighted by atomic mass is 10.2. The smallest absolute Gasteiger partial charge is 0.173 e. The summed E-state index contributed by atoms with van der Waals surface area (Å²) in [6.45, 7) is 5.19. The molecule has 1 aromatic carbocycles. The van der Waals surface area contributed by atoms with Crippen LogP contribution < -0.4 is 15.0 Å². The maximum Gasteiger partial charge on any atom is 0.173 e. The predicted octanol–water partition coefficient (Wildman–Crippen LogP) is 2.66. The second-order valence-corrected chi connectivity index (χ2v) is 4.73. The summed E-state index contributed by atoms with van der Waals surface area (Å²) in [6, 6.07) is 7.84. The van der Waals surface area contributed by atoms with E-state index in [1.54, 1.807) is 7.11 Å². The van der Waals surface area contributed by atoms with Gasteiger partial charge < -0.3 is 15.0 Å². The molecule has 0 saturated carbocycles. The molecule has 0 aliphatic rings. The molecular formula is C13H20N2OS. The fourth-order valence-corrected chi connectivity index (χ4v) is 1.54. The van der Waals surface area contributed by atoms with Crippen molar-refractivity contribution in [2.45, 2.75) is 13.8 Å². The molecule has 17 heavy (non-hydrogen) atoms. The minimum Gasteiger partial charge on any atom is -0.497 e. The Bertz CT molecular complexity index is 379. The first-order chi connectivity index (χ1) is 8.04. The van der Waals surface area contributed by atoms with Crippen molar-refractivity contribution in [3.05, 3.63) is 24.3 Å². The highest BCUT2D eigenvalue weighted by molar-refractivity contribution is 7.80. The number of hydrogen-bond donors (Lipinski definition) is 1. The Morgan fingerprint density at radius 2 is 2.18 bits per heavy atom. The third kappa shape index (κ3) is 4.23. The van der Waals surface area contributed by atoms with Crippen LogP contribution in [0.25, 0.3) is 0 Å². The van der Waals surface area contributed by atoms with Gasteiger partial charge in [0.15, 0.2) is 5.11 Å². The summed E-state index contributed by atoms with van der Waals surface area (Å²) >= 11 is 5.33. The van der Waals surface area contributed by atoms with Crippen molar-refractivity contribution in [1.29, 1.82) is 0 Å². The normalized spacial score (nSPS) is 10.2. The lowest BCUT2D eigenvalue weighted by Gasteiger charge is -2.22. The zero-order valence-electron chi connectivity index (χ0n) is 10.9. The van der Waals surface area contributed by atoms with Crippen LogP contribution in [0, 0.1) is 5.92 Å². The molecular weight excluding hydrogens is 232 g/mol. The molecule has 0 fully saturated rings. The van der Waals surface area contributed by atoms with Crippen LogP contribution in [0.1, 0.15) is 13.8 Å². The molecule has 0 radical (unpaired) electrons. The molecule has 0 heterocycles. The number of benzene rings is 1. The first-order valence-electron chi connectivity index (χ1n) is 5.70. The van der Waals surface area contributed by atoms with Gasteiger partial charge in [-0.1, -0.05) is 19.9 Å². The van der Waals surface area contributed by atoms with E-state index in [1.165, 1.54) is 0 Å². The third-order valence-corrected chi connectivity index (χ3v) is 2.82. The number of nitrogens with zero attached hydrogens (tertiary/aromatic N) is 1. The number of nitrogens with one attached hydrogen (secondary N) is 1. The summed E-state index contributed by atoms with van der Waals surface area (Å²) in [5, 5.41) is 3.96. The van der Waals surface area contributed by atoms with Gasteiger partial charge in [-0.3, -0.25) is 0 Å². The highest BCUT2D eigenvalue weighted by atomic mass is 32.1. The quantitative estimate of drug-likeness (QED) is 0.833. The van der Waals surface area contributed by atoms with Gasteiger partial charge in [0.05, 0.1) is 7.11 Å². The number of thiocarbonyl (C=S) groups is 1. The van der Waals surface area contributed by atoms with Gasteiger partial charge in [0, 0.05) is 25.3 Å². The van der Waals surface area contributed by atoms with E-state index in [4.69, 9.17) is 17.0 Å². The first-order valence-corrected chi connectivity index (χ1v) is 6.11. The fraction of sp³-hybridized carbons (Fsp3) is 0.462. The highest BCUT2D eigenvalue weighted by Gasteiger charge is 2.07. The molecule has 0 aromatic heterocycles. The maximum absolute atomic E-state index is 5.33. The van der Waals surface area contributed by atoms with Gasteiger partial charge in [0.2, 0.25) is 0 Å². The van der Waals surface area contributed by atoms with Crippen LogP contribution in [0.15, 0.2) is 24.3 Å². The Morgan fingerprint density at radius 1 is 1.47 bits per heavy atom. The summed E-state index contributed by atoms with van der Waals surface area (Å²) in [5.74, 6) is 1.41. The molecule has 0 aliphatic heterocycles. The average molecular weight is 252 g/mol. The average Bonchev–Trinajstić information content (AvgIpc) is 2.35. The predicted molar refractivity (Wildman–Crippen MR) is 76.8 cm³/mol. The lowest BCUT2D eigenvalue weighted by Crippen LogP contribution is -2.38. The molecule has 4 heteroatoms. The molecule has 3 nitrogen and oxygen atoms in total. The number of anilines is 1. The van der Waals surface area contributed by atoms with Gasteiger partial charge in [-0.15, -0.1) is 0 Å². The largest absolute Gasteiger partial charge is 0.497 e. The van der Waals surface area contributed by atoms with Crippen LogP contribution in [0.3, 0.4) is 0 Å². The number of ether oxygens (including phenoxy) is 1. The van der Waals surface area contributed by atoms with Gasteiger partial charge in [-0.05, 0) is 30.3 Å². The lowest BCUT2D eigenvalue weighted by molar-refractivity contribution is 0.415. The van der Waals surface area contributed by atoms with E-state index in [-0.39, 0.29) is 0 Å². The van der Waals surface area contributed by atoms with E-state index in [1.807, 2.05) is 36.2 Å². The molecule has 0 amide bonds. The van der Waals surface area contributed by atoms with E-state index >= 15 is 0 Å². The van der Waals surface area contributed by atoms with Crippen LogP contribution in [0.2, 0.25) is 0 Å². The van der Waals surface area contributed by atoms with Gasteiger partial charge in [0.25, 0.3) is 0 Å². The SMILES string of the molecule is COc1cccc(N(C)C(=S)NCC(C)C)c1. The molecule has 94 valence electrons. The Morgan fingerprint density at radius 3 is 2.76 bits per heavy atom. The van der Waals surface area contributed by atoms with Crippen molar-refractivity contribution < 1.29 is 4.74 Å². The Kier molecular flexibility index (Phi) is 5.22. The van der Waals surface area contributed by atoms with Crippen molar-refractivity contribution in [2.24, 2.45) is 5.92 Å². The summed E-state index contributed by atoms with van der Waals surface area (Å²) in [6.07, 6.45) is 0. The zero-order chi connectivity index (χ0) is 12.8. The molecule has 1 aromatic rings. The monoisotopic (exact) mass is 252 g/mol. The first kappa shape index (κ1) is 13.8. The standard InChI is InChI=1S/C13H20N2OS/c1-10(2)9-14-13(17)15(3)11-6-5-7-12(8-11)16-4/h5-8,10H,9H2,1-4H3,(H,14,17). The molecule has 0 aliphatic carbocycles. The summed E-state index contributed by atoms with van der Waals surface area (Å²) in [4.78, 5) is 1.94. The van der Waals surface area contributed by atoms with Crippen LogP contribution in [0.4, 0.5) is 5.69 Å². The molecule has 0 spiro atoms. The van der Waals surface area contributed by atoms with E-state index in [9.17, 15) is 0 Å². The second kappa shape index (κ2) is 6.45. The van der Waals surface area contributed by atoms with Crippen molar-refractivity contribution in [1.82, 2.24) is 5.32 Å². The van der Waals surface area contributed by atoms with Crippen molar-refractivity contribution >= 4 is 23.0 Å². The van der Waals surface area contributed by atoms with Gasteiger partial charge >= 0.3 is 0 Å². The second-order valence-electron chi connectivity index (χ2n) is 4.34. The van der Waals surface area contributed by atoms with Gasteiger partial charge in [-0.2, -0.15) is 0 Å². The highest BCUT2D eigenvalue weighted by Crippen LogP contribution is 2.19. The molecule has 1 N–H and O–H groups in total. The van der Waals surface area contributed by atoms with Crippen LogP contribution in [0.5, 0.6) is 5.75 Å². The topological polar surface area (TPSA) is 24.5 Å². The molecule has 0 saturated heterocycles. The Balaban J connectivity index is 2.67. The van der Waals surface area contributed by atoms with Crippen LogP contribution >= 0.6 is 12.2 Å². The van der Waals surface area contributed by atoms with Crippen LogP contribution in [-0.4, -0.2) is 25.8 Å². The molecule has 0 atom stereocenters. The van der Waals surface area contributed by atoms with E-state index < -0.39 is 0 Å². The van der Waals surface area contributed by atoms with Crippen molar-refractivity contribution in [2.75, 3.05) is 25.6 Å². The fourth-order valence-electron chi connectivity index (χ4n) is 1.35. The maximum atomic E-state index is 5.33. The van der Waals surface area contributed by atoms with E-state index in [0.29, 0.717) is 5.92 Å². The summed E-state index contributed by atoms with van der Waals surface area (Å²) < 4.78 is 5.19. The third-order valence-electron chi connectivity index (χ3n) is 2.41. The molecule has 0 bridgehead atoms. The number of hydrogen-bond acceptors (Lipinski definition) is 2. The minimum absolute atomic E-state index is 0.576. The number of rotatable bonds is 4. The number of methoxy groups -OCH3 is 1. The molecule has 1 rings (SSSR count). The van der Waals surface area contributed by atoms with E-state index in [2.05, 4.69) is 19.2 Å². The van der Waals surface area contributed by atoms with Crippen molar-refractivity contribution in [3.63, 3.8) is 0 Å². The Labute approximate surface area is 109 Å². The zero-order valence-corrected chi connectivity index (χ0v) is 11.7. The van der Waals surface area contributed by atoms with Crippen LogP contribution in [-0.2, 0) is 0 Å². The Hall–Kier alpha value is -1.29. The summed E-state index contributed by atoms with van der Waals surface area (Å²) in [7, 11) is 3.61. The minimum atomic E-state index is 0.576.